The van der Waals surface area contributed by atoms with Crippen LogP contribution in [0.4, 0.5) is 10.1 Å². The van der Waals surface area contributed by atoms with E-state index >= 15 is 0 Å². The van der Waals surface area contributed by atoms with Crippen molar-refractivity contribution in [3.8, 4) is 11.3 Å². The lowest BCUT2D eigenvalue weighted by Gasteiger charge is -2.22. The third-order valence-corrected chi connectivity index (χ3v) is 4.36. The average Bonchev–Trinajstić information content (AvgIpc) is 2.68. The molecule has 26 heavy (non-hydrogen) atoms. The second kappa shape index (κ2) is 6.92. The molecule has 4 rings (SSSR count). The molecule has 4 aromatic rings. The van der Waals surface area contributed by atoms with Crippen LogP contribution in [0.2, 0.25) is 0 Å². The Labute approximate surface area is 151 Å². The number of hydrogen-bond acceptors (Lipinski definition) is 3. The molecule has 0 aliphatic heterocycles. The fourth-order valence-corrected chi connectivity index (χ4v) is 3.04. The van der Waals surface area contributed by atoms with E-state index in [0.29, 0.717) is 6.54 Å². The third-order valence-electron chi connectivity index (χ3n) is 4.36. The van der Waals surface area contributed by atoms with Crippen molar-refractivity contribution in [2.75, 3.05) is 11.9 Å². The van der Waals surface area contributed by atoms with Crippen molar-refractivity contribution in [1.29, 1.82) is 0 Å². The monoisotopic (exact) mass is 343 g/mol. The fraction of sp³-hybridized carbons (Fsp3) is 0.0909. The number of fused-ring (bicyclic) bond motifs is 1. The summed E-state index contributed by atoms with van der Waals surface area (Å²) in [5, 5.41) is 1.07. The van der Waals surface area contributed by atoms with Gasteiger partial charge in [-0.25, -0.2) is 9.37 Å². The van der Waals surface area contributed by atoms with Crippen molar-refractivity contribution in [3.63, 3.8) is 0 Å². The summed E-state index contributed by atoms with van der Waals surface area (Å²) in [7, 11) is 2.02. The Kier molecular flexibility index (Phi) is 4.32. The van der Waals surface area contributed by atoms with Crippen LogP contribution in [-0.2, 0) is 6.54 Å². The number of aromatic nitrogens is 2. The zero-order valence-corrected chi connectivity index (χ0v) is 14.4. The number of hydrogen-bond donors (Lipinski definition) is 0. The summed E-state index contributed by atoms with van der Waals surface area (Å²) in [4.78, 5) is 11.4. The van der Waals surface area contributed by atoms with Gasteiger partial charge in [0.2, 0.25) is 0 Å². The number of benzene rings is 2. The van der Waals surface area contributed by atoms with Gasteiger partial charge in [0.05, 0.1) is 29.1 Å². The third kappa shape index (κ3) is 3.26. The van der Waals surface area contributed by atoms with E-state index in [-0.39, 0.29) is 5.82 Å². The average molecular weight is 343 g/mol. The molecule has 4 heteroatoms. The minimum Gasteiger partial charge on any atom is -0.367 e. The maximum atomic E-state index is 13.4. The molecule has 0 saturated carbocycles. The summed E-state index contributed by atoms with van der Waals surface area (Å²) >= 11 is 0. The normalized spacial score (nSPS) is 10.8. The van der Waals surface area contributed by atoms with Gasteiger partial charge in [-0.3, -0.25) is 4.98 Å². The van der Waals surface area contributed by atoms with Crippen molar-refractivity contribution in [3.05, 3.63) is 90.5 Å². The molecule has 2 heterocycles. The second-order valence-electron chi connectivity index (χ2n) is 6.23. The van der Waals surface area contributed by atoms with Crippen LogP contribution in [0.25, 0.3) is 22.2 Å². The number of halogens is 1. The molecule has 0 N–H and O–H groups in total. The molecule has 128 valence electrons. The predicted molar refractivity (Wildman–Crippen MR) is 103 cm³/mol. The van der Waals surface area contributed by atoms with E-state index in [4.69, 9.17) is 4.98 Å². The quantitative estimate of drug-likeness (QED) is 0.518. The summed E-state index contributed by atoms with van der Waals surface area (Å²) in [5.74, 6) is -0.252. The number of nitrogens with zero attached hydrogens (tertiary/aromatic N) is 3. The van der Waals surface area contributed by atoms with Gasteiger partial charge in [-0.1, -0.05) is 24.3 Å². The SMILES string of the molecule is CN(Cc1ccccn1)c1cc2ccccc2nc1-c1ccc(F)cc1. The first-order chi connectivity index (χ1) is 12.7. The molecule has 0 aliphatic carbocycles. The molecule has 0 unspecified atom stereocenters. The van der Waals surface area contributed by atoms with E-state index in [1.54, 1.807) is 18.3 Å². The minimum absolute atomic E-state index is 0.252. The van der Waals surface area contributed by atoms with Crippen molar-refractivity contribution >= 4 is 16.6 Å². The minimum atomic E-state index is -0.252. The zero-order valence-electron chi connectivity index (χ0n) is 14.4. The fourth-order valence-electron chi connectivity index (χ4n) is 3.04. The van der Waals surface area contributed by atoms with Crippen LogP contribution < -0.4 is 4.90 Å². The standard InChI is InChI=1S/C22H18FN3/c1-26(15-19-7-4-5-13-24-19)21-14-17-6-2-3-8-20(17)25-22(21)16-9-11-18(23)12-10-16/h2-14H,15H2,1H3. The van der Waals surface area contributed by atoms with Gasteiger partial charge in [0.1, 0.15) is 5.82 Å². The van der Waals surface area contributed by atoms with Crippen molar-refractivity contribution in [2.24, 2.45) is 0 Å². The van der Waals surface area contributed by atoms with E-state index < -0.39 is 0 Å². The van der Waals surface area contributed by atoms with Gasteiger partial charge in [0.15, 0.2) is 0 Å². The van der Waals surface area contributed by atoms with E-state index in [0.717, 1.165) is 33.5 Å². The predicted octanol–water partition coefficient (Wildman–Crippen LogP) is 5.07. The Morgan fingerprint density at radius 1 is 0.923 bits per heavy atom. The molecular formula is C22H18FN3. The highest BCUT2D eigenvalue weighted by molar-refractivity contribution is 5.89. The Bertz CT molecular complexity index is 1030. The number of pyridine rings is 2. The molecular weight excluding hydrogens is 325 g/mol. The van der Waals surface area contributed by atoms with E-state index in [1.807, 2.05) is 43.4 Å². The molecule has 0 radical (unpaired) electrons. The lowest BCUT2D eigenvalue weighted by Crippen LogP contribution is -2.18. The molecule has 0 spiro atoms. The number of rotatable bonds is 4. The molecule has 0 atom stereocenters. The van der Waals surface area contributed by atoms with Crippen molar-refractivity contribution in [1.82, 2.24) is 9.97 Å². The lowest BCUT2D eigenvalue weighted by atomic mass is 10.1. The molecule has 2 aromatic heterocycles. The highest BCUT2D eigenvalue weighted by Gasteiger charge is 2.14. The molecule has 0 aliphatic rings. The lowest BCUT2D eigenvalue weighted by molar-refractivity contribution is 0.628. The Morgan fingerprint density at radius 3 is 2.46 bits per heavy atom. The highest BCUT2D eigenvalue weighted by Crippen LogP contribution is 2.32. The topological polar surface area (TPSA) is 29.0 Å². The van der Waals surface area contributed by atoms with Gasteiger partial charge in [-0.15, -0.1) is 0 Å². The van der Waals surface area contributed by atoms with E-state index in [9.17, 15) is 4.39 Å². The smallest absolute Gasteiger partial charge is 0.123 e. The van der Waals surface area contributed by atoms with Crippen LogP contribution >= 0.6 is 0 Å². The van der Waals surface area contributed by atoms with Crippen LogP contribution in [0.3, 0.4) is 0 Å². The zero-order chi connectivity index (χ0) is 17.9. The van der Waals surface area contributed by atoms with Crippen LogP contribution in [-0.4, -0.2) is 17.0 Å². The summed E-state index contributed by atoms with van der Waals surface area (Å²) < 4.78 is 13.4. The van der Waals surface area contributed by atoms with Gasteiger partial charge >= 0.3 is 0 Å². The summed E-state index contributed by atoms with van der Waals surface area (Å²) in [6.07, 6.45) is 1.79. The molecule has 0 amide bonds. The summed E-state index contributed by atoms with van der Waals surface area (Å²) in [6.45, 7) is 0.662. The molecule has 3 nitrogen and oxygen atoms in total. The van der Waals surface area contributed by atoms with Crippen LogP contribution in [0.15, 0.2) is 79.0 Å². The first-order valence-electron chi connectivity index (χ1n) is 8.47. The maximum absolute atomic E-state index is 13.4. The van der Waals surface area contributed by atoms with Gasteiger partial charge in [0.25, 0.3) is 0 Å². The summed E-state index contributed by atoms with van der Waals surface area (Å²) in [6, 6.07) is 22.5. The Morgan fingerprint density at radius 2 is 1.69 bits per heavy atom. The van der Waals surface area contributed by atoms with Crippen LogP contribution in [0, 0.1) is 5.82 Å². The van der Waals surface area contributed by atoms with Gasteiger partial charge in [-0.2, -0.15) is 0 Å². The van der Waals surface area contributed by atoms with Crippen LogP contribution in [0.5, 0.6) is 0 Å². The van der Waals surface area contributed by atoms with Crippen molar-refractivity contribution in [2.45, 2.75) is 6.54 Å². The molecule has 0 fully saturated rings. The number of para-hydroxylation sites is 1. The first-order valence-corrected chi connectivity index (χ1v) is 8.47. The van der Waals surface area contributed by atoms with E-state index in [2.05, 4.69) is 22.0 Å². The Balaban J connectivity index is 1.83. The van der Waals surface area contributed by atoms with Crippen LogP contribution in [0.1, 0.15) is 5.69 Å². The molecule has 0 bridgehead atoms. The largest absolute Gasteiger partial charge is 0.367 e. The second-order valence-corrected chi connectivity index (χ2v) is 6.23. The van der Waals surface area contributed by atoms with Gasteiger partial charge in [0, 0.05) is 24.2 Å². The van der Waals surface area contributed by atoms with E-state index in [1.165, 1.54) is 12.1 Å². The Hall–Kier alpha value is -3.27. The maximum Gasteiger partial charge on any atom is 0.123 e. The molecule has 2 aromatic carbocycles. The number of anilines is 1. The van der Waals surface area contributed by atoms with Gasteiger partial charge < -0.3 is 4.90 Å². The summed E-state index contributed by atoms with van der Waals surface area (Å²) in [5.41, 5.74) is 4.61. The van der Waals surface area contributed by atoms with Crippen molar-refractivity contribution < 1.29 is 4.39 Å². The first kappa shape index (κ1) is 16.2. The highest BCUT2D eigenvalue weighted by atomic mass is 19.1. The van der Waals surface area contributed by atoms with Gasteiger partial charge in [-0.05, 0) is 48.5 Å². The molecule has 0 saturated heterocycles.